The van der Waals surface area contributed by atoms with Gasteiger partial charge in [-0.1, -0.05) is 36.0 Å². The summed E-state index contributed by atoms with van der Waals surface area (Å²) in [5.41, 5.74) is 3.45. The molecule has 1 aliphatic heterocycles. The number of fused-ring (bicyclic) bond motifs is 2. The van der Waals surface area contributed by atoms with Gasteiger partial charge in [0.2, 0.25) is 0 Å². The summed E-state index contributed by atoms with van der Waals surface area (Å²) in [5.74, 6) is 0. The van der Waals surface area contributed by atoms with Crippen molar-refractivity contribution in [3.63, 3.8) is 0 Å². The summed E-state index contributed by atoms with van der Waals surface area (Å²) in [4.78, 5) is 5.93. The maximum Gasteiger partial charge on any atom is 0.117 e. The summed E-state index contributed by atoms with van der Waals surface area (Å²) in [7, 11) is 0. The molecule has 0 saturated heterocycles. The van der Waals surface area contributed by atoms with Crippen LogP contribution in [-0.2, 0) is 0 Å². The minimum atomic E-state index is 1.05. The van der Waals surface area contributed by atoms with Crippen LogP contribution in [0.1, 0.15) is 11.9 Å². The number of benzene rings is 2. The summed E-state index contributed by atoms with van der Waals surface area (Å²) >= 11 is 3.50. The maximum absolute atomic E-state index is 4.65. The predicted molar refractivity (Wildman–Crippen MR) is 97.3 cm³/mol. The molecule has 22 heavy (non-hydrogen) atoms. The SMILES string of the molecule is CC(=Cc1nc2ccccc2s1)C=C1Nc2ccccc2S1. The van der Waals surface area contributed by atoms with Crippen molar-refractivity contribution in [2.24, 2.45) is 0 Å². The molecule has 0 saturated carbocycles. The lowest BCUT2D eigenvalue weighted by Gasteiger charge is -1.98. The van der Waals surface area contributed by atoms with Crippen LogP contribution in [0.15, 0.2) is 70.1 Å². The highest BCUT2D eigenvalue weighted by atomic mass is 32.2. The molecule has 0 unspecified atom stereocenters. The molecule has 0 radical (unpaired) electrons. The van der Waals surface area contributed by atoms with Crippen molar-refractivity contribution < 1.29 is 0 Å². The molecule has 2 nitrogen and oxygen atoms in total. The smallest absolute Gasteiger partial charge is 0.117 e. The Labute approximate surface area is 137 Å². The molecule has 2 heterocycles. The summed E-state index contributed by atoms with van der Waals surface area (Å²) in [6.45, 7) is 2.12. The van der Waals surface area contributed by atoms with E-state index in [0.29, 0.717) is 0 Å². The number of para-hydroxylation sites is 2. The molecule has 0 spiro atoms. The van der Waals surface area contributed by atoms with Crippen molar-refractivity contribution in [2.75, 3.05) is 5.32 Å². The Morgan fingerprint density at radius 2 is 1.91 bits per heavy atom. The molecule has 1 N–H and O–H groups in total. The zero-order valence-corrected chi connectivity index (χ0v) is 13.7. The minimum Gasteiger partial charge on any atom is -0.349 e. The van der Waals surface area contributed by atoms with Gasteiger partial charge in [-0.25, -0.2) is 4.98 Å². The quantitative estimate of drug-likeness (QED) is 0.649. The van der Waals surface area contributed by atoms with Crippen LogP contribution in [0.3, 0.4) is 0 Å². The number of aromatic nitrogens is 1. The fourth-order valence-electron chi connectivity index (χ4n) is 2.40. The van der Waals surface area contributed by atoms with Gasteiger partial charge >= 0.3 is 0 Å². The van der Waals surface area contributed by atoms with Crippen LogP contribution in [0.2, 0.25) is 0 Å². The van der Waals surface area contributed by atoms with E-state index in [9.17, 15) is 0 Å². The number of rotatable bonds is 2. The Hall–Kier alpha value is -2.04. The van der Waals surface area contributed by atoms with Gasteiger partial charge < -0.3 is 5.32 Å². The first-order valence-corrected chi connectivity index (χ1v) is 8.71. The number of thiazole rings is 1. The number of thioether (sulfide) groups is 1. The van der Waals surface area contributed by atoms with E-state index in [4.69, 9.17) is 0 Å². The largest absolute Gasteiger partial charge is 0.349 e. The molecule has 1 aliphatic rings. The van der Waals surface area contributed by atoms with Crippen LogP contribution in [0.5, 0.6) is 0 Å². The third kappa shape index (κ3) is 2.67. The van der Waals surface area contributed by atoms with Crippen LogP contribution in [0.4, 0.5) is 5.69 Å². The van der Waals surface area contributed by atoms with Gasteiger partial charge in [-0.2, -0.15) is 0 Å². The lowest BCUT2D eigenvalue weighted by Crippen LogP contribution is -1.88. The van der Waals surface area contributed by atoms with Crippen molar-refractivity contribution in [2.45, 2.75) is 11.8 Å². The van der Waals surface area contributed by atoms with Gasteiger partial charge in [0.1, 0.15) is 5.01 Å². The molecule has 0 amide bonds. The van der Waals surface area contributed by atoms with E-state index in [-0.39, 0.29) is 0 Å². The predicted octanol–water partition coefficient (Wildman–Crippen LogP) is 5.76. The lowest BCUT2D eigenvalue weighted by atomic mass is 10.2. The first kappa shape index (κ1) is 13.6. The molecule has 0 atom stereocenters. The first-order valence-electron chi connectivity index (χ1n) is 7.07. The molecule has 1 aromatic heterocycles. The molecule has 2 aromatic carbocycles. The van der Waals surface area contributed by atoms with Gasteiger partial charge in [0.15, 0.2) is 0 Å². The highest BCUT2D eigenvalue weighted by Gasteiger charge is 2.14. The van der Waals surface area contributed by atoms with E-state index in [1.165, 1.54) is 20.9 Å². The third-order valence-corrected chi connectivity index (χ3v) is 5.38. The second-order valence-corrected chi connectivity index (χ2v) is 7.29. The first-order chi connectivity index (χ1) is 10.8. The second-order valence-electron chi connectivity index (χ2n) is 5.14. The molecule has 3 aromatic rings. The topological polar surface area (TPSA) is 24.9 Å². The molecular weight excluding hydrogens is 308 g/mol. The number of nitrogens with one attached hydrogen (secondary N) is 1. The summed E-state index contributed by atoms with van der Waals surface area (Å²) in [6.07, 6.45) is 4.32. The number of nitrogens with zero attached hydrogens (tertiary/aromatic N) is 1. The number of hydrogen-bond donors (Lipinski definition) is 1. The molecule has 0 bridgehead atoms. The zero-order valence-electron chi connectivity index (χ0n) is 12.0. The minimum absolute atomic E-state index is 1.05. The van der Waals surface area contributed by atoms with Gasteiger partial charge in [0.05, 0.1) is 20.9 Å². The van der Waals surface area contributed by atoms with Gasteiger partial charge in [-0.3, -0.25) is 0 Å². The zero-order chi connectivity index (χ0) is 14.9. The fraction of sp³-hybridized carbons (Fsp3) is 0.0556. The molecular formula is C18H14N2S2. The normalized spacial score (nSPS) is 16.0. The average molecular weight is 322 g/mol. The molecule has 4 heteroatoms. The Bertz CT molecular complexity index is 846. The van der Waals surface area contributed by atoms with E-state index in [0.717, 1.165) is 15.6 Å². The van der Waals surface area contributed by atoms with Crippen molar-refractivity contribution in [1.29, 1.82) is 0 Å². The molecule has 0 aliphatic carbocycles. The molecule has 4 rings (SSSR count). The molecule has 108 valence electrons. The van der Waals surface area contributed by atoms with Gasteiger partial charge in [0.25, 0.3) is 0 Å². The van der Waals surface area contributed by atoms with Crippen molar-refractivity contribution >= 4 is 45.1 Å². The van der Waals surface area contributed by atoms with Crippen LogP contribution in [-0.4, -0.2) is 4.98 Å². The standard InChI is InChI=1S/C18H14N2S2/c1-12(10-17-19-13-6-2-4-8-15(13)21-17)11-18-20-14-7-3-5-9-16(14)22-18/h2-11,19H,1H3. The average Bonchev–Trinajstić information content (AvgIpc) is 3.08. The van der Waals surface area contributed by atoms with Crippen molar-refractivity contribution in [3.05, 3.63) is 70.2 Å². The third-order valence-electron chi connectivity index (χ3n) is 3.39. The Balaban J connectivity index is 1.59. The van der Waals surface area contributed by atoms with E-state index in [1.54, 1.807) is 23.1 Å². The highest BCUT2D eigenvalue weighted by molar-refractivity contribution is 8.03. The van der Waals surface area contributed by atoms with Crippen LogP contribution in [0.25, 0.3) is 16.3 Å². The summed E-state index contributed by atoms with van der Waals surface area (Å²) in [5, 5.41) is 5.66. The van der Waals surface area contributed by atoms with E-state index in [1.807, 2.05) is 6.07 Å². The van der Waals surface area contributed by atoms with Crippen LogP contribution < -0.4 is 5.32 Å². The van der Waals surface area contributed by atoms with Crippen LogP contribution >= 0.6 is 23.1 Å². The van der Waals surface area contributed by atoms with E-state index < -0.39 is 0 Å². The van der Waals surface area contributed by atoms with Crippen molar-refractivity contribution in [3.8, 4) is 0 Å². The number of hydrogen-bond acceptors (Lipinski definition) is 4. The monoisotopic (exact) mass is 322 g/mol. The fourth-order valence-corrected chi connectivity index (χ4v) is 4.39. The van der Waals surface area contributed by atoms with Crippen LogP contribution in [0, 0.1) is 0 Å². The summed E-state index contributed by atoms with van der Waals surface area (Å²) < 4.78 is 1.23. The van der Waals surface area contributed by atoms with E-state index >= 15 is 0 Å². The van der Waals surface area contributed by atoms with Gasteiger partial charge in [-0.05, 0) is 48.9 Å². The van der Waals surface area contributed by atoms with Gasteiger partial charge in [-0.15, -0.1) is 11.3 Å². The van der Waals surface area contributed by atoms with Gasteiger partial charge in [0, 0.05) is 4.90 Å². The Kier molecular flexibility index (Phi) is 3.48. The maximum atomic E-state index is 4.65. The number of allylic oxidation sites excluding steroid dienone is 2. The highest BCUT2D eigenvalue weighted by Crippen LogP contribution is 2.40. The van der Waals surface area contributed by atoms with Crippen molar-refractivity contribution in [1.82, 2.24) is 4.98 Å². The molecule has 0 fully saturated rings. The van der Waals surface area contributed by atoms with E-state index in [2.05, 4.69) is 71.8 Å². The second kappa shape index (κ2) is 5.63. The number of anilines is 1. The Morgan fingerprint density at radius 3 is 2.77 bits per heavy atom. The summed E-state index contributed by atoms with van der Waals surface area (Å²) in [6, 6.07) is 16.6. The lowest BCUT2D eigenvalue weighted by molar-refractivity contribution is 1.43. The Morgan fingerprint density at radius 1 is 1.09 bits per heavy atom.